The van der Waals surface area contributed by atoms with E-state index in [0.29, 0.717) is 18.9 Å². The molecule has 1 aromatic rings. The molecule has 21 heavy (non-hydrogen) atoms. The van der Waals surface area contributed by atoms with Gasteiger partial charge in [0.25, 0.3) is 5.91 Å². The minimum atomic E-state index is -0.111. The van der Waals surface area contributed by atoms with E-state index in [1.807, 2.05) is 42.2 Å². The number of piperidine rings is 1. The maximum absolute atomic E-state index is 12.3. The molecule has 0 atom stereocenters. The molecular weight excluding hydrogens is 266 g/mol. The molecule has 1 aliphatic heterocycles. The zero-order valence-corrected chi connectivity index (χ0v) is 12.6. The smallest absolute Gasteiger partial charge is 0.305 e. The quantitative estimate of drug-likeness (QED) is 0.783. The molecule has 1 aliphatic rings. The second-order valence-electron chi connectivity index (χ2n) is 5.45. The Hall–Kier alpha value is -1.84. The van der Waals surface area contributed by atoms with Crippen LogP contribution >= 0.6 is 0 Å². The number of carbonyl (C=O) groups excluding carboxylic acids is 2. The zero-order valence-electron chi connectivity index (χ0n) is 12.6. The SMILES string of the molecule is CCOC(=O)CCC1CCN(C(=O)c2ccccc2)CC1. The number of rotatable bonds is 5. The van der Waals surface area contributed by atoms with Crippen LogP contribution in [0.3, 0.4) is 0 Å². The van der Waals surface area contributed by atoms with Crippen LogP contribution in [0.25, 0.3) is 0 Å². The Labute approximate surface area is 126 Å². The van der Waals surface area contributed by atoms with Gasteiger partial charge in [0.1, 0.15) is 0 Å². The van der Waals surface area contributed by atoms with Crippen LogP contribution in [0.1, 0.15) is 43.0 Å². The Morgan fingerprint density at radius 3 is 2.48 bits per heavy atom. The minimum Gasteiger partial charge on any atom is -0.466 e. The van der Waals surface area contributed by atoms with Crippen LogP contribution in [0.4, 0.5) is 0 Å². The monoisotopic (exact) mass is 289 g/mol. The van der Waals surface area contributed by atoms with Crippen molar-refractivity contribution in [2.45, 2.75) is 32.6 Å². The topological polar surface area (TPSA) is 46.6 Å². The number of hydrogen-bond acceptors (Lipinski definition) is 3. The van der Waals surface area contributed by atoms with E-state index in [0.717, 1.165) is 37.9 Å². The van der Waals surface area contributed by atoms with E-state index in [9.17, 15) is 9.59 Å². The maximum Gasteiger partial charge on any atom is 0.305 e. The molecule has 0 radical (unpaired) electrons. The fraction of sp³-hybridized carbons (Fsp3) is 0.529. The van der Waals surface area contributed by atoms with Crippen molar-refractivity contribution in [3.05, 3.63) is 35.9 Å². The zero-order chi connectivity index (χ0) is 15.1. The Balaban J connectivity index is 1.76. The number of benzene rings is 1. The first-order chi connectivity index (χ1) is 10.2. The molecule has 0 saturated carbocycles. The molecule has 1 amide bonds. The van der Waals surface area contributed by atoms with Crippen LogP contribution < -0.4 is 0 Å². The molecule has 114 valence electrons. The van der Waals surface area contributed by atoms with E-state index in [1.165, 1.54) is 0 Å². The van der Waals surface area contributed by atoms with E-state index < -0.39 is 0 Å². The number of hydrogen-bond donors (Lipinski definition) is 0. The van der Waals surface area contributed by atoms with Gasteiger partial charge in [-0.25, -0.2) is 0 Å². The average Bonchev–Trinajstić information content (AvgIpc) is 2.54. The molecule has 0 aliphatic carbocycles. The van der Waals surface area contributed by atoms with Crippen molar-refractivity contribution >= 4 is 11.9 Å². The molecule has 1 heterocycles. The summed E-state index contributed by atoms with van der Waals surface area (Å²) in [5, 5.41) is 0. The number of amides is 1. The lowest BCUT2D eigenvalue weighted by molar-refractivity contribution is -0.143. The second kappa shape index (κ2) is 7.81. The second-order valence-corrected chi connectivity index (χ2v) is 5.45. The predicted molar refractivity (Wildman–Crippen MR) is 80.9 cm³/mol. The normalized spacial score (nSPS) is 15.8. The molecule has 1 aromatic carbocycles. The van der Waals surface area contributed by atoms with Gasteiger partial charge in [0.05, 0.1) is 6.61 Å². The molecular formula is C17H23NO3. The lowest BCUT2D eigenvalue weighted by Crippen LogP contribution is -2.38. The average molecular weight is 289 g/mol. The first kappa shape index (κ1) is 15.5. The third-order valence-electron chi connectivity index (χ3n) is 3.98. The molecule has 0 aromatic heterocycles. The fourth-order valence-corrected chi connectivity index (χ4v) is 2.74. The minimum absolute atomic E-state index is 0.111. The summed E-state index contributed by atoms with van der Waals surface area (Å²) < 4.78 is 4.95. The Morgan fingerprint density at radius 2 is 1.86 bits per heavy atom. The van der Waals surface area contributed by atoms with Gasteiger partial charge < -0.3 is 9.64 Å². The highest BCUT2D eigenvalue weighted by Gasteiger charge is 2.23. The summed E-state index contributed by atoms with van der Waals surface area (Å²) in [4.78, 5) is 25.6. The molecule has 0 unspecified atom stereocenters. The van der Waals surface area contributed by atoms with Gasteiger partial charge in [-0.2, -0.15) is 0 Å². The van der Waals surface area contributed by atoms with Crippen LogP contribution in [-0.2, 0) is 9.53 Å². The molecule has 0 spiro atoms. The van der Waals surface area contributed by atoms with Gasteiger partial charge >= 0.3 is 5.97 Å². The summed E-state index contributed by atoms with van der Waals surface area (Å²) in [6.45, 7) is 3.83. The highest BCUT2D eigenvalue weighted by atomic mass is 16.5. The number of ether oxygens (including phenoxy) is 1. The summed E-state index contributed by atoms with van der Waals surface area (Å²) >= 11 is 0. The summed E-state index contributed by atoms with van der Waals surface area (Å²) in [6, 6.07) is 9.40. The van der Waals surface area contributed by atoms with E-state index >= 15 is 0 Å². The van der Waals surface area contributed by atoms with Crippen LogP contribution in [0.2, 0.25) is 0 Å². The van der Waals surface area contributed by atoms with Gasteiger partial charge in [0, 0.05) is 25.1 Å². The van der Waals surface area contributed by atoms with Gasteiger partial charge in [-0.1, -0.05) is 18.2 Å². The number of carbonyl (C=O) groups is 2. The van der Waals surface area contributed by atoms with Crippen molar-refractivity contribution < 1.29 is 14.3 Å². The first-order valence-corrected chi connectivity index (χ1v) is 7.70. The van der Waals surface area contributed by atoms with E-state index in [-0.39, 0.29) is 11.9 Å². The molecule has 4 nitrogen and oxygen atoms in total. The van der Waals surface area contributed by atoms with E-state index in [1.54, 1.807) is 0 Å². The van der Waals surface area contributed by atoms with Gasteiger partial charge in [0.2, 0.25) is 0 Å². The molecule has 2 rings (SSSR count). The van der Waals surface area contributed by atoms with Gasteiger partial charge in [0.15, 0.2) is 0 Å². The van der Waals surface area contributed by atoms with Gasteiger partial charge in [-0.3, -0.25) is 9.59 Å². The fourth-order valence-electron chi connectivity index (χ4n) is 2.74. The van der Waals surface area contributed by atoms with Crippen molar-refractivity contribution in [3.63, 3.8) is 0 Å². The largest absolute Gasteiger partial charge is 0.466 e. The highest BCUT2D eigenvalue weighted by Crippen LogP contribution is 2.23. The Kier molecular flexibility index (Phi) is 5.78. The van der Waals surface area contributed by atoms with Crippen molar-refractivity contribution in [3.8, 4) is 0 Å². The van der Waals surface area contributed by atoms with E-state index in [2.05, 4.69) is 0 Å². The van der Waals surface area contributed by atoms with Crippen LogP contribution in [0, 0.1) is 5.92 Å². The number of nitrogens with zero attached hydrogens (tertiary/aromatic N) is 1. The summed E-state index contributed by atoms with van der Waals surface area (Å²) in [5.41, 5.74) is 0.752. The lowest BCUT2D eigenvalue weighted by atomic mass is 9.92. The summed E-state index contributed by atoms with van der Waals surface area (Å²) in [5.74, 6) is 0.522. The standard InChI is InChI=1S/C17H23NO3/c1-2-21-16(19)9-8-14-10-12-18(13-11-14)17(20)15-6-4-3-5-7-15/h3-7,14H,2,8-13H2,1H3. The van der Waals surface area contributed by atoms with Crippen LogP contribution in [0.15, 0.2) is 30.3 Å². The Morgan fingerprint density at radius 1 is 1.19 bits per heavy atom. The predicted octanol–water partition coefficient (Wildman–Crippen LogP) is 2.88. The highest BCUT2D eigenvalue weighted by molar-refractivity contribution is 5.94. The molecule has 0 N–H and O–H groups in total. The van der Waals surface area contributed by atoms with Gasteiger partial charge in [-0.15, -0.1) is 0 Å². The van der Waals surface area contributed by atoms with Crippen molar-refractivity contribution in [2.24, 2.45) is 5.92 Å². The Bertz CT molecular complexity index is 464. The molecule has 0 bridgehead atoms. The lowest BCUT2D eigenvalue weighted by Gasteiger charge is -2.32. The molecule has 1 fully saturated rings. The summed E-state index contributed by atoms with van der Waals surface area (Å²) in [6.07, 6.45) is 3.30. The molecule has 1 saturated heterocycles. The molecule has 4 heteroatoms. The number of likely N-dealkylation sites (tertiary alicyclic amines) is 1. The van der Waals surface area contributed by atoms with Crippen molar-refractivity contribution in [1.29, 1.82) is 0 Å². The third kappa shape index (κ3) is 4.59. The number of esters is 1. The van der Waals surface area contributed by atoms with Crippen LogP contribution in [0.5, 0.6) is 0 Å². The summed E-state index contributed by atoms with van der Waals surface area (Å²) in [7, 11) is 0. The van der Waals surface area contributed by atoms with Gasteiger partial charge in [-0.05, 0) is 44.2 Å². The van der Waals surface area contributed by atoms with E-state index in [4.69, 9.17) is 4.74 Å². The third-order valence-corrected chi connectivity index (χ3v) is 3.98. The van der Waals surface area contributed by atoms with Crippen molar-refractivity contribution in [1.82, 2.24) is 4.90 Å². The first-order valence-electron chi connectivity index (χ1n) is 7.70. The maximum atomic E-state index is 12.3. The van der Waals surface area contributed by atoms with Crippen molar-refractivity contribution in [2.75, 3.05) is 19.7 Å². The van der Waals surface area contributed by atoms with Crippen LogP contribution in [-0.4, -0.2) is 36.5 Å².